The number of carbonyl (C=O) groups is 3. The molecule has 174 valence electrons. The molecule has 0 saturated carbocycles. The highest BCUT2D eigenvalue weighted by molar-refractivity contribution is 6.08. The van der Waals surface area contributed by atoms with E-state index in [0.29, 0.717) is 24.4 Å². The van der Waals surface area contributed by atoms with E-state index in [9.17, 15) is 14.4 Å². The van der Waals surface area contributed by atoms with Crippen molar-refractivity contribution in [3.05, 3.63) is 70.8 Å². The maximum absolute atomic E-state index is 13.1. The second-order valence-electron chi connectivity index (χ2n) is 8.50. The second kappa shape index (κ2) is 9.35. The average molecular weight is 459 g/mol. The summed E-state index contributed by atoms with van der Waals surface area (Å²) in [5, 5.41) is 17.8. The van der Waals surface area contributed by atoms with Crippen LogP contribution in [-0.2, 0) is 4.79 Å². The Morgan fingerprint density at radius 1 is 1.12 bits per heavy atom. The maximum atomic E-state index is 13.1. The molecule has 1 fully saturated rings. The zero-order valence-corrected chi connectivity index (χ0v) is 19.4. The lowest BCUT2D eigenvalue weighted by atomic mass is 10.0. The van der Waals surface area contributed by atoms with E-state index in [1.54, 1.807) is 29.2 Å². The Kier molecular flexibility index (Phi) is 6.32. The molecule has 4 rings (SSSR count). The normalized spacial score (nSPS) is 18.5. The van der Waals surface area contributed by atoms with Crippen molar-refractivity contribution >= 4 is 23.7 Å². The van der Waals surface area contributed by atoms with Gasteiger partial charge in [0.1, 0.15) is 0 Å². The molecule has 0 aliphatic carbocycles. The van der Waals surface area contributed by atoms with Crippen LogP contribution in [0.3, 0.4) is 0 Å². The van der Waals surface area contributed by atoms with Crippen LogP contribution in [0.5, 0.6) is 0 Å². The minimum absolute atomic E-state index is 0.187. The van der Waals surface area contributed by atoms with Gasteiger partial charge in [0.25, 0.3) is 0 Å². The largest absolute Gasteiger partial charge is 0.338 e. The molecule has 5 amide bonds. The minimum atomic E-state index is -0.462. The first kappa shape index (κ1) is 23.0. The lowest BCUT2D eigenvalue weighted by Gasteiger charge is -2.25. The van der Waals surface area contributed by atoms with Crippen molar-refractivity contribution in [2.24, 2.45) is 5.10 Å². The number of hydrazone groups is 1. The van der Waals surface area contributed by atoms with Gasteiger partial charge in [0.2, 0.25) is 5.91 Å². The molecular weight excluding hydrogens is 432 g/mol. The fraction of sp³-hybridized carbons (Fsp3) is 0.320. The van der Waals surface area contributed by atoms with Gasteiger partial charge in [0.05, 0.1) is 36.0 Å². The van der Waals surface area contributed by atoms with Gasteiger partial charge in [0, 0.05) is 20.0 Å². The summed E-state index contributed by atoms with van der Waals surface area (Å²) in [4.78, 5) is 40.6. The molecule has 2 aromatic rings. The second-order valence-corrected chi connectivity index (χ2v) is 8.50. The Morgan fingerprint density at radius 3 is 2.38 bits per heavy atom. The number of benzene rings is 2. The lowest BCUT2D eigenvalue weighted by Crippen LogP contribution is -2.47. The average Bonchev–Trinajstić information content (AvgIpc) is 3.43. The molecule has 1 N–H and O–H groups in total. The summed E-state index contributed by atoms with van der Waals surface area (Å²) in [5.41, 5.74) is 3.93. The molecule has 2 heterocycles. The number of imide groups is 1. The quantitative estimate of drug-likeness (QED) is 0.759. The number of carbonyl (C=O) groups excluding carboxylic acids is 3. The molecule has 0 spiro atoms. The Morgan fingerprint density at radius 2 is 1.79 bits per heavy atom. The van der Waals surface area contributed by atoms with E-state index in [1.807, 2.05) is 38.1 Å². The third-order valence-electron chi connectivity index (χ3n) is 6.15. The zero-order chi connectivity index (χ0) is 24.4. The van der Waals surface area contributed by atoms with Gasteiger partial charge in [-0.15, -0.1) is 0 Å². The molecule has 0 bridgehead atoms. The molecule has 2 aliphatic rings. The molecule has 9 nitrogen and oxygen atoms in total. The lowest BCUT2D eigenvalue weighted by molar-refractivity contribution is -0.125. The van der Waals surface area contributed by atoms with Crippen molar-refractivity contribution < 1.29 is 14.4 Å². The van der Waals surface area contributed by atoms with Crippen molar-refractivity contribution in [1.29, 1.82) is 5.26 Å². The third-order valence-corrected chi connectivity index (χ3v) is 6.15. The highest BCUT2D eigenvalue weighted by Crippen LogP contribution is 2.24. The minimum Gasteiger partial charge on any atom is -0.330 e. The topological polar surface area (TPSA) is 109 Å². The molecule has 0 unspecified atom stereocenters. The summed E-state index contributed by atoms with van der Waals surface area (Å²) in [6.07, 6.45) is 0. The number of aryl methyl sites for hydroxylation is 1. The van der Waals surface area contributed by atoms with Crippen molar-refractivity contribution in [2.45, 2.75) is 32.9 Å². The highest BCUT2D eigenvalue weighted by atomic mass is 16.2. The van der Waals surface area contributed by atoms with Gasteiger partial charge >= 0.3 is 12.1 Å². The first-order valence-electron chi connectivity index (χ1n) is 11.1. The van der Waals surface area contributed by atoms with E-state index in [2.05, 4.69) is 16.5 Å². The Labute approximate surface area is 198 Å². The Hall–Kier alpha value is -4.19. The molecule has 0 radical (unpaired) electrons. The van der Waals surface area contributed by atoms with Crippen LogP contribution in [0.2, 0.25) is 0 Å². The maximum Gasteiger partial charge on any atom is 0.338 e. The van der Waals surface area contributed by atoms with Gasteiger partial charge in [-0.3, -0.25) is 9.69 Å². The molecule has 2 aliphatic heterocycles. The molecule has 0 aromatic heterocycles. The van der Waals surface area contributed by atoms with Crippen molar-refractivity contribution in [3.8, 4) is 6.07 Å². The smallest absolute Gasteiger partial charge is 0.330 e. The summed E-state index contributed by atoms with van der Waals surface area (Å²) in [7, 11) is 0. The standard InChI is InChI=1S/C25H26N6O3/c1-16-4-8-21(9-5-16)23-22(30-13-12-29(18(3)32)25(30)34)15-31(28-23)24(33)27-17(2)20-10-6-19(14-26)7-11-20/h4-11,17,22H,12-13,15H2,1-3H3,(H,27,33)/t17-,22-/m1/s1. The molecule has 2 aromatic carbocycles. The number of rotatable bonds is 4. The van der Waals surface area contributed by atoms with Crippen molar-refractivity contribution in [3.63, 3.8) is 0 Å². The fourth-order valence-corrected chi connectivity index (χ4v) is 4.16. The molecular formula is C25H26N6O3. The van der Waals surface area contributed by atoms with Gasteiger partial charge in [-0.1, -0.05) is 42.0 Å². The summed E-state index contributed by atoms with van der Waals surface area (Å²) in [5.74, 6) is -0.301. The molecule has 1 saturated heterocycles. The van der Waals surface area contributed by atoms with Gasteiger partial charge in [0.15, 0.2) is 0 Å². The van der Waals surface area contributed by atoms with Crippen LogP contribution >= 0.6 is 0 Å². The monoisotopic (exact) mass is 458 g/mol. The first-order chi connectivity index (χ1) is 16.3. The van der Waals surface area contributed by atoms with Crippen LogP contribution in [0.4, 0.5) is 9.59 Å². The van der Waals surface area contributed by atoms with E-state index in [-0.39, 0.29) is 30.6 Å². The van der Waals surface area contributed by atoms with E-state index >= 15 is 0 Å². The summed E-state index contributed by atoms with van der Waals surface area (Å²) in [6, 6.07) is 15.3. The zero-order valence-electron chi connectivity index (χ0n) is 19.4. The number of amides is 5. The molecule has 9 heteroatoms. The van der Waals surface area contributed by atoms with Crippen LogP contribution < -0.4 is 5.32 Å². The van der Waals surface area contributed by atoms with Crippen molar-refractivity contribution in [2.75, 3.05) is 19.6 Å². The SMILES string of the molecule is CC(=O)N1CCN([C@@H]2CN(C(=O)N[C@H](C)c3ccc(C#N)cc3)N=C2c2ccc(C)cc2)C1=O. The summed E-state index contributed by atoms with van der Waals surface area (Å²) >= 11 is 0. The van der Waals surface area contributed by atoms with E-state index in [0.717, 1.165) is 16.7 Å². The number of hydrogen-bond acceptors (Lipinski definition) is 5. The number of urea groups is 2. The molecule has 34 heavy (non-hydrogen) atoms. The number of nitrogens with one attached hydrogen (secondary N) is 1. The molecule has 2 atom stereocenters. The van der Waals surface area contributed by atoms with Gasteiger partial charge < -0.3 is 10.2 Å². The highest BCUT2D eigenvalue weighted by Gasteiger charge is 2.42. The van der Waals surface area contributed by atoms with Gasteiger partial charge in [-0.05, 0) is 37.1 Å². The number of nitriles is 1. The Balaban J connectivity index is 1.56. The third kappa shape index (κ3) is 4.48. The summed E-state index contributed by atoms with van der Waals surface area (Å²) < 4.78 is 0. The van der Waals surface area contributed by atoms with Crippen LogP contribution in [0.25, 0.3) is 0 Å². The van der Waals surface area contributed by atoms with E-state index in [1.165, 1.54) is 16.8 Å². The van der Waals surface area contributed by atoms with Crippen LogP contribution in [-0.4, -0.2) is 64.2 Å². The first-order valence-corrected chi connectivity index (χ1v) is 11.1. The fourth-order valence-electron chi connectivity index (χ4n) is 4.16. The van der Waals surface area contributed by atoms with Crippen LogP contribution in [0, 0.1) is 18.3 Å². The number of nitrogens with zero attached hydrogens (tertiary/aromatic N) is 5. The summed E-state index contributed by atoms with van der Waals surface area (Å²) in [6.45, 7) is 6.09. The Bertz CT molecular complexity index is 1180. The number of hydrogen-bond donors (Lipinski definition) is 1. The predicted molar refractivity (Wildman–Crippen MR) is 126 cm³/mol. The van der Waals surface area contributed by atoms with Gasteiger partial charge in [-0.25, -0.2) is 14.6 Å². The van der Waals surface area contributed by atoms with Crippen LogP contribution in [0.1, 0.15) is 42.1 Å². The predicted octanol–water partition coefficient (Wildman–Crippen LogP) is 3.01. The van der Waals surface area contributed by atoms with Crippen LogP contribution in [0.15, 0.2) is 53.6 Å². The van der Waals surface area contributed by atoms with E-state index in [4.69, 9.17) is 5.26 Å². The van der Waals surface area contributed by atoms with Crippen molar-refractivity contribution in [1.82, 2.24) is 20.1 Å². The van der Waals surface area contributed by atoms with E-state index < -0.39 is 6.04 Å². The van der Waals surface area contributed by atoms with Gasteiger partial charge in [-0.2, -0.15) is 10.4 Å².